The van der Waals surface area contributed by atoms with E-state index >= 15 is 0 Å². The SMILES string of the molecule is CC(C)N=CC(=N)N. The second-order valence-corrected chi connectivity index (χ2v) is 1.83. The van der Waals surface area contributed by atoms with Crippen molar-refractivity contribution in [2.75, 3.05) is 0 Å². The second kappa shape index (κ2) is 3.18. The Morgan fingerprint density at radius 1 is 1.75 bits per heavy atom. The zero-order chi connectivity index (χ0) is 6.57. The lowest BCUT2D eigenvalue weighted by molar-refractivity contribution is 0.842. The Bertz CT molecular complexity index is 104. The van der Waals surface area contributed by atoms with E-state index in [0.29, 0.717) is 0 Å². The Labute approximate surface area is 49.1 Å². The van der Waals surface area contributed by atoms with Gasteiger partial charge >= 0.3 is 0 Å². The number of nitrogens with one attached hydrogen (secondary N) is 1. The third-order valence-corrected chi connectivity index (χ3v) is 0.512. The number of hydrogen-bond donors (Lipinski definition) is 2. The van der Waals surface area contributed by atoms with Gasteiger partial charge in [-0.15, -0.1) is 0 Å². The lowest BCUT2D eigenvalue weighted by Gasteiger charge is -1.91. The van der Waals surface area contributed by atoms with E-state index in [1.807, 2.05) is 13.8 Å². The normalized spacial score (nSPS) is 10.9. The molecular weight excluding hydrogens is 102 g/mol. The summed E-state index contributed by atoms with van der Waals surface area (Å²) in [4.78, 5) is 3.85. The molecule has 3 nitrogen and oxygen atoms in total. The van der Waals surface area contributed by atoms with Crippen LogP contribution >= 0.6 is 0 Å². The van der Waals surface area contributed by atoms with Gasteiger partial charge in [-0.1, -0.05) is 0 Å². The van der Waals surface area contributed by atoms with Crippen LogP contribution in [0.15, 0.2) is 4.99 Å². The second-order valence-electron chi connectivity index (χ2n) is 1.83. The van der Waals surface area contributed by atoms with E-state index in [9.17, 15) is 0 Å². The molecule has 0 aliphatic carbocycles. The topological polar surface area (TPSA) is 62.2 Å². The lowest BCUT2D eigenvalue weighted by Crippen LogP contribution is -2.11. The molecule has 0 saturated carbocycles. The van der Waals surface area contributed by atoms with Gasteiger partial charge in [-0.25, -0.2) is 0 Å². The maximum atomic E-state index is 6.72. The number of amidine groups is 1. The molecule has 0 fully saturated rings. The molecule has 0 radical (unpaired) electrons. The molecule has 0 unspecified atom stereocenters. The number of aliphatic imine (C=N–C) groups is 1. The Morgan fingerprint density at radius 3 is 2.38 bits per heavy atom. The Morgan fingerprint density at radius 2 is 2.25 bits per heavy atom. The minimum absolute atomic E-state index is 0.0127. The van der Waals surface area contributed by atoms with Gasteiger partial charge in [0.1, 0.15) is 5.84 Å². The zero-order valence-electron chi connectivity index (χ0n) is 5.18. The van der Waals surface area contributed by atoms with Crippen LogP contribution in [-0.4, -0.2) is 18.1 Å². The molecule has 0 atom stereocenters. The predicted molar refractivity (Wildman–Crippen MR) is 35.5 cm³/mol. The zero-order valence-corrected chi connectivity index (χ0v) is 5.18. The highest BCUT2D eigenvalue weighted by atomic mass is 14.8. The fraction of sp³-hybridized carbons (Fsp3) is 0.600. The highest BCUT2D eigenvalue weighted by Crippen LogP contribution is 1.80. The summed E-state index contributed by atoms with van der Waals surface area (Å²) in [6, 6.07) is 0.235. The molecule has 0 amide bonds. The van der Waals surface area contributed by atoms with Crippen molar-refractivity contribution in [2.24, 2.45) is 10.7 Å². The first-order valence-electron chi connectivity index (χ1n) is 2.50. The van der Waals surface area contributed by atoms with Gasteiger partial charge < -0.3 is 5.73 Å². The molecule has 3 heteroatoms. The molecule has 0 saturated heterocycles. The van der Waals surface area contributed by atoms with Crippen LogP contribution in [0.4, 0.5) is 0 Å². The molecule has 0 spiro atoms. The smallest absolute Gasteiger partial charge is 0.133 e. The molecule has 8 heavy (non-hydrogen) atoms. The summed E-state index contributed by atoms with van der Waals surface area (Å²) in [5.74, 6) is 0.0127. The number of nitrogens with two attached hydrogens (primary N) is 1. The summed E-state index contributed by atoms with van der Waals surface area (Å²) in [6.07, 6.45) is 1.35. The first-order chi connectivity index (χ1) is 3.63. The molecule has 0 aliphatic rings. The molecule has 0 aliphatic heterocycles. The van der Waals surface area contributed by atoms with Crippen molar-refractivity contribution >= 4 is 12.1 Å². The Hall–Kier alpha value is -0.860. The fourth-order valence-corrected chi connectivity index (χ4v) is 0.229. The van der Waals surface area contributed by atoms with E-state index in [-0.39, 0.29) is 11.9 Å². The first-order valence-corrected chi connectivity index (χ1v) is 2.50. The van der Waals surface area contributed by atoms with Crippen LogP contribution in [0.25, 0.3) is 0 Å². The fourth-order valence-electron chi connectivity index (χ4n) is 0.229. The van der Waals surface area contributed by atoms with Crippen LogP contribution in [-0.2, 0) is 0 Å². The third kappa shape index (κ3) is 5.14. The summed E-state index contributed by atoms with van der Waals surface area (Å²) in [6.45, 7) is 3.86. The molecule has 0 aromatic heterocycles. The van der Waals surface area contributed by atoms with Crippen molar-refractivity contribution in [1.29, 1.82) is 5.41 Å². The van der Waals surface area contributed by atoms with Gasteiger partial charge in [0.15, 0.2) is 0 Å². The van der Waals surface area contributed by atoms with Gasteiger partial charge in [0.05, 0.1) is 6.21 Å². The van der Waals surface area contributed by atoms with E-state index in [4.69, 9.17) is 11.1 Å². The van der Waals surface area contributed by atoms with E-state index < -0.39 is 0 Å². The van der Waals surface area contributed by atoms with E-state index in [1.165, 1.54) is 6.21 Å². The van der Waals surface area contributed by atoms with E-state index in [2.05, 4.69) is 4.99 Å². The third-order valence-electron chi connectivity index (χ3n) is 0.512. The standard InChI is InChI=1S/C5H11N3/c1-4(2)8-3-5(6)7/h3-4H,1-2H3,(H3,6,7). The van der Waals surface area contributed by atoms with Crippen LogP contribution in [0.3, 0.4) is 0 Å². The minimum Gasteiger partial charge on any atom is -0.383 e. The summed E-state index contributed by atoms with van der Waals surface area (Å²) >= 11 is 0. The van der Waals surface area contributed by atoms with Crippen molar-refractivity contribution < 1.29 is 0 Å². The average Bonchev–Trinajstić information content (AvgIpc) is 1.61. The van der Waals surface area contributed by atoms with Crippen LogP contribution < -0.4 is 5.73 Å². The Kier molecular flexibility index (Phi) is 2.84. The quantitative estimate of drug-likeness (QED) is 0.395. The first kappa shape index (κ1) is 7.14. The minimum atomic E-state index is 0.0127. The number of hydrogen-bond acceptors (Lipinski definition) is 2. The summed E-state index contributed by atoms with van der Waals surface area (Å²) in [5, 5.41) is 6.72. The molecule has 0 rings (SSSR count). The molecule has 3 N–H and O–H groups in total. The van der Waals surface area contributed by atoms with Gasteiger partial charge in [-0.05, 0) is 13.8 Å². The molecule has 0 heterocycles. The average molecular weight is 113 g/mol. The summed E-state index contributed by atoms with van der Waals surface area (Å²) < 4.78 is 0. The van der Waals surface area contributed by atoms with Crippen LogP contribution in [0, 0.1) is 5.41 Å². The van der Waals surface area contributed by atoms with Crippen LogP contribution in [0.2, 0.25) is 0 Å². The molecule has 0 aromatic carbocycles. The highest BCUT2D eigenvalue weighted by molar-refractivity contribution is 6.27. The van der Waals surface area contributed by atoms with Crippen molar-refractivity contribution in [1.82, 2.24) is 0 Å². The van der Waals surface area contributed by atoms with Gasteiger partial charge in [-0.3, -0.25) is 10.4 Å². The molecule has 0 bridgehead atoms. The number of nitrogens with zero attached hydrogens (tertiary/aromatic N) is 1. The monoisotopic (exact) mass is 113 g/mol. The van der Waals surface area contributed by atoms with Gasteiger partial charge in [0, 0.05) is 6.04 Å². The van der Waals surface area contributed by atoms with Gasteiger partial charge in [0.2, 0.25) is 0 Å². The maximum Gasteiger partial charge on any atom is 0.133 e. The number of rotatable bonds is 2. The Balaban J connectivity index is 3.50. The van der Waals surface area contributed by atoms with Gasteiger partial charge in [-0.2, -0.15) is 0 Å². The predicted octanol–water partition coefficient (Wildman–Crippen LogP) is 0.402. The van der Waals surface area contributed by atoms with E-state index in [0.717, 1.165) is 0 Å². The maximum absolute atomic E-state index is 6.72. The van der Waals surface area contributed by atoms with Crippen molar-refractivity contribution in [3.8, 4) is 0 Å². The van der Waals surface area contributed by atoms with E-state index in [1.54, 1.807) is 0 Å². The highest BCUT2D eigenvalue weighted by Gasteiger charge is 1.82. The van der Waals surface area contributed by atoms with Crippen molar-refractivity contribution in [2.45, 2.75) is 19.9 Å². The molecule has 0 aromatic rings. The van der Waals surface area contributed by atoms with Crippen LogP contribution in [0.1, 0.15) is 13.8 Å². The van der Waals surface area contributed by atoms with Crippen LogP contribution in [0.5, 0.6) is 0 Å². The van der Waals surface area contributed by atoms with Gasteiger partial charge in [0.25, 0.3) is 0 Å². The van der Waals surface area contributed by atoms with Crippen molar-refractivity contribution in [3.05, 3.63) is 0 Å². The summed E-state index contributed by atoms with van der Waals surface area (Å²) in [7, 11) is 0. The molecular formula is C5H11N3. The van der Waals surface area contributed by atoms with Crippen molar-refractivity contribution in [3.63, 3.8) is 0 Å². The molecule has 46 valence electrons. The largest absolute Gasteiger partial charge is 0.383 e. The summed E-state index contributed by atoms with van der Waals surface area (Å²) in [5.41, 5.74) is 4.97. The lowest BCUT2D eigenvalue weighted by atomic mass is 10.4.